The van der Waals surface area contributed by atoms with Crippen LogP contribution in [0.2, 0.25) is 0 Å². The summed E-state index contributed by atoms with van der Waals surface area (Å²) in [5.74, 6) is 0.354. The maximum absolute atomic E-state index is 11.6. The molecule has 0 aliphatic carbocycles. The van der Waals surface area contributed by atoms with Gasteiger partial charge in [0.1, 0.15) is 0 Å². The van der Waals surface area contributed by atoms with E-state index in [2.05, 4.69) is 15.9 Å². The van der Waals surface area contributed by atoms with Crippen molar-refractivity contribution >= 4 is 26.0 Å². The average molecular weight is 343 g/mol. The molecule has 0 aliphatic heterocycles. The fourth-order valence-electron chi connectivity index (χ4n) is 1.72. The Hall–Kier alpha value is 0.610. The van der Waals surface area contributed by atoms with Crippen LogP contribution in [0.4, 0.5) is 0 Å². The molecule has 18 heavy (non-hydrogen) atoms. The van der Waals surface area contributed by atoms with E-state index in [1.807, 2.05) is 33.8 Å². The molecule has 96 valence electrons. The van der Waals surface area contributed by atoms with Crippen LogP contribution in [0.5, 0.6) is 0 Å². The Labute approximate surface area is 140 Å². The Morgan fingerprint density at radius 2 is 1.50 bits per heavy atom. The minimum atomic E-state index is -3.67. The van der Waals surface area contributed by atoms with Gasteiger partial charge in [0.15, 0.2) is 0 Å². The molecule has 1 aromatic rings. The van der Waals surface area contributed by atoms with Crippen molar-refractivity contribution in [2.45, 2.75) is 44.4 Å². The molecule has 0 saturated carbocycles. The number of benzene rings is 1. The first-order chi connectivity index (χ1) is 7.64. The summed E-state index contributed by atoms with van der Waals surface area (Å²) in [6.45, 7) is 7.93. The third-order valence-electron chi connectivity index (χ3n) is 2.68. The second-order valence-corrected chi connectivity index (χ2v) is 7.15. The molecule has 0 aromatic heterocycles. The summed E-state index contributed by atoms with van der Waals surface area (Å²) >= 11 is 3.48. The fourth-order valence-corrected chi connectivity index (χ4v) is 3.46. The van der Waals surface area contributed by atoms with Crippen molar-refractivity contribution in [2.24, 2.45) is 5.14 Å². The summed E-state index contributed by atoms with van der Waals surface area (Å²) in [6, 6.07) is 3.54. The molecule has 0 spiro atoms. The minimum absolute atomic E-state index is 0. The van der Waals surface area contributed by atoms with E-state index in [0.29, 0.717) is 0 Å². The summed E-state index contributed by atoms with van der Waals surface area (Å²) in [5, 5.41) is 5.27. The Morgan fingerprint density at radius 3 is 1.83 bits per heavy atom. The van der Waals surface area contributed by atoms with E-state index in [1.54, 1.807) is 6.07 Å². The molecular weight excluding hydrogens is 325 g/mol. The van der Waals surface area contributed by atoms with E-state index in [0.717, 1.165) is 15.6 Å². The van der Waals surface area contributed by atoms with Crippen molar-refractivity contribution in [3.05, 3.63) is 27.7 Å². The van der Waals surface area contributed by atoms with Gasteiger partial charge in [-0.25, -0.2) is 13.6 Å². The standard InChI is InChI=1S/C12H18BrNO2S.Na/c1-7(2)9-6-12(17(14,15)16)10(8(3)4)5-11(9)13;/h5-8H,1-4H3,(H2,14,15,16);/q;+1. The summed E-state index contributed by atoms with van der Waals surface area (Å²) < 4.78 is 24.1. The van der Waals surface area contributed by atoms with Gasteiger partial charge in [-0.05, 0) is 35.1 Å². The number of nitrogens with two attached hydrogens (primary N) is 1. The predicted octanol–water partition coefficient (Wildman–Crippen LogP) is 0.347. The van der Waals surface area contributed by atoms with Gasteiger partial charge in [0.2, 0.25) is 10.0 Å². The first-order valence-corrected chi connectivity index (χ1v) is 7.84. The topological polar surface area (TPSA) is 60.2 Å². The second kappa shape index (κ2) is 6.86. The third kappa shape index (κ3) is 4.32. The van der Waals surface area contributed by atoms with Crippen LogP contribution in [0.25, 0.3) is 0 Å². The van der Waals surface area contributed by atoms with Crippen molar-refractivity contribution in [3.8, 4) is 0 Å². The zero-order chi connectivity index (χ0) is 13.4. The molecule has 0 amide bonds. The number of sulfonamides is 1. The normalized spacial score (nSPS) is 11.8. The summed E-state index contributed by atoms with van der Waals surface area (Å²) in [5.41, 5.74) is 1.71. The average Bonchev–Trinajstić information content (AvgIpc) is 2.14. The molecule has 0 aliphatic rings. The zero-order valence-corrected chi connectivity index (χ0v) is 15.9. The van der Waals surface area contributed by atoms with Crippen LogP contribution in [-0.2, 0) is 10.0 Å². The van der Waals surface area contributed by atoms with Gasteiger partial charge in [-0.2, -0.15) is 0 Å². The molecule has 3 nitrogen and oxygen atoms in total. The molecule has 0 bridgehead atoms. The first-order valence-electron chi connectivity index (χ1n) is 5.50. The van der Waals surface area contributed by atoms with Crippen LogP contribution in [-0.4, -0.2) is 8.42 Å². The molecule has 6 heteroatoms. The van der Waals surface area contributed by atoms with E-state index in [4.69, 9.17) is 5.14 Å². The molecule has 0 unspecified atom stereocenters. The van der Waals surface area contributed by atoms with Crippen LogP contribution in [0.1, 0.15) is 50.7 Å². The first kappa shape index (κ1) is 18.6. The van der Waals surface area contributed by atoms with E-state index < -0.39 is 10.0 Å². The van der Waals surface area contributed by atoms with Crippen LogP contribution in [0, 0.1) is 0 Å². The Balaban J connectivity index is 0.00000289. The largest absolute Gasteiger partial charge is 1.00 e. The molecule has 1 aromatic carbocycles. The maximum Gasteiger partial charge on any atom is 1.00 e. The van der Waals surface area contributed by atoms with E-state index in [1.165, 1.54) is 0 Å². The predicted molar refractivity (Wildman–Crippen MR) is 73.7 cm³/mol. The van der Waals surface area contributed by atoms with Gasteiger partial charge in [0, 0.05) is 4.47 Å². The second-order valence-electron chi connectivity index (χ2n) is 4.77. The molecule has 2 N–H and O–H groups in total. The fraction of sp³-hybridized carbons (Fsp3) is 0.500. The van der Waals surface area contributed by atoms with Gasteiger partial charge in [-0.3, -0.25) is 0 Å². The smallest absolute Gasteiger partial charge is 0.225 e. The number of halogens is 1. The van der Waals surface area contributed by atoms with Crippen LogP contribution in [0.3, 0.4) is 0 Å². The van der Waals surface area contributed by atoms with Crippen molar-refractivity contribution in [3.63, 3.8) is 0 Å². The number of hydrogen-bond acceptors (Lipinski definition) is 2. The van der Waals surface area contributed by atoms with E-state index >= 15 is 0 Å². The zero-order valence-electron chi connectivity index (χ0n) is 11.5. The van der Waals surface area contributed by atoms with Gasteiger partial charge in [0.25, 0.3) is 0 Å². The Morgan fingerprint density at radius 1 is 1.06 bits per heavy atom. The summed E-state index contributed by atoms with van der Waals surface area (Å²) in [4.78, 5) is 0.236. The molecule has 0 fully saturated rings. The van der Waals surface area contributed by atoms with Gasteiger partial charge < -0.3 is 0 Å². The molecule has 0 atom stereocenters. The van der Waals surface area contributed by atoms with Crippen LogP contribution >= 0.6 is 15.9 Å². The SMILES string of the molecule is CC(C)c1cc(S(N)(=O)=O)c(C(C)C)cc1Br.[Na+]. The maximum atomic E-state index is 11.6. The van der Waals surface area contributed by atoms with Gasteiger partial charge in [0.05, 0.1) is 4.90 Å². The third-order valence-corrected chi connectivity index (χ3v) is 4.33. The molecule has 0 heterocycles. The minimum Gasteiger partial charge on any atom is -0.225 e. The van der Waals surface area contributed by atoms with Gasteiger partial charge >= 0.3 is 29.6 Å². The molecule has 0 radical (unpaired) electrons. The Bertz CT molecular complexity index is 527. The summed E-state index contributed by atoms with van der Waals surface area (Å²) in [6.07, 6.45) is 0. The van der Waals surface area contributed by atoms with Crippen LogP contribution < -0.4 is 34.7 Å². The van der Waals surface area contributed by atoms with Gasteiger partial charge in [-0.15, -0.1) is 0 Å². The van der Waals surface area contributed by atoms with Crippen molar-refractivity contribution in [1.29, 1.82) is 0 Å². The molecule has 0 saturated heterocycles. The quantitative estimate of drug-likeness (QED) is 0.805. The molecule has 1 rings (SSSR count). The molecular formula is C12H18BrNNaO2S+. The van der Waals surface area contributed by atoms with E-state index in [-0.39, 0.29) is 46.3 Å². The van der Waals surface area contributed by atoms with Crippen molar-refractivity contribution in [2.75, 3.05) is 0 Å². The number of rotatable bonds is 3. The number of hydrogen-bond donors (Lipinski definition) is 1. The van der Waals surface area contributed by atoms with Crippen LogP contribution in [0.15, 0.2) is 21.5 Å². The van der Waals surface area contributed by atoms with Crippen molar-refractivity contribution in [1.82, 2.24) is 0 Å². The van der Waals surface area contributed by atoms with E-state index in [9.17, 15) is 8.42 Å². The Kier molecular flexibility index (Phi) is 7.09. The number of primary sulfonamides is 1. The monoisotopic (exact) mass is 342 g/mol. The van der Waals surface area contributed by atoms with Gasteiger partial charge in [-0.1, -0.05) is 43.6 Å². The summed E-state index contributed by atoms with van der Waals surface area (Å²) in [7, 11) is -3.67. The van der Waals surface area contributed by atoms with Crippen molar-refractivity contribution < 1.29 is 38.0 Å².